The summed E-state index contributed by atoms with van der Waals surface area (Å²) >= 11 is 0. The van der Waals surface area contributed by atoms with Crippen LogP contribution in [0.15, 0.2) is 18.2 Å². The van der Waals surface area contributed by atoms with Crippen LogP contribution in [-0.2, 0) is 5.11 Å². The lowest BCUT2D eigenvalue weighted by molar-refractivity contribution is 0.0692. The van der Waals surface area contributed by atoms with E-state index in [9.17, 15) is 9.90 Å². The quantitative estimate of drug-likeness (QED) is 0.591. The molecule has 4 heteroatoms. The highest BCUT2D eigenvalue weighted by atomic mass is 16.4. The van der Waals surface area contributed by atoms with Crippen molar-refractivity contribution in [2.24, 2.45) is 0 Å². The molecule has 0 aromatic heterocycles. The Bertz CT molecular complexity index is 296. The van der Waals surface area contributed by atoms with Gasteiger partial charge >= 0.3 is 5.97 Å². The third-order valence-electron chi connectivity index (χ3n) is 1.23. The van der Waals surface area contributed by atoms with Crippen molar-refractivity contribution in [2.75, 3.05) is 5.73 Å². The second kappa shape index (κ2) is 2.49. The van der Waals surface area contributed by atoms with Crippen LogP contribution in [0, 0.1) is 0 Å². The fourth-order valence-corrected chi connectivity index (χ4v) is 0.715. The average Bonchev–Trinajstić information content (AvgIpc) is 1.94. The molecule has 0 saturated carbocycles. The molecule has 0 fully saturated rings. The minimum Gasteiger partial charge on any atom is -0.478 e. The molecule has 1 radical (unpaired) electrons. The smallest absolute Gasteiger partial charge is 0.339 e. The molecule has 0 aliphatic carbocycles. The molecule has 1 aromatic rings. The number of nitrogens with two attached hydrogens (primary N) is 1. The first-order chi connectivity index (χ1) is 5.11. The number of rotatable bonds is 1. The Labute approximate surface area is 62.9 Å². The summed E-state index contributed by atoms with van der Waals surface area (Å²) in [5, 5.41) is 19.2. The first-order valence-electron chi connectivity index (χ1n) is 2.91. The van der Waals surface area contributed by atoms with E-state index in [-0.39, 0.29) is 11.3 Å². The van der Waals surface area contributed by atoms with Gasteiger partial charge in [0, 0.05) is 5.69 Å². The lowest BCUT2D eigenvalue weighted by Crippen LogP contribution is -1.97. The number of hydrogen-bond donors (Lipinski definition) is 2. The third-order valence-corrected chi connectivity index (χ3v) is 1.23. The second-order valence-electron chi connectivity index (χ2n) is 2.06. The Morgan fingerprint density at radius 2 is 2.09 bits per heavy atom. The van der Waals surface area contributed by atoms with Gasteiger partial charge in [0.15, 0.2) is 5.75 Å². The van der Waals surface area contributed by atoms with Crippen molar-refractivity contribution in [2.45, 2.75) is 0 Å². The van der Waals surface area contributed by atoms with Crippen molar-refractivity contribution in [3.8, 4) is 5.75 Å². The summed E-state index contributed by atoms with van der Waals surface area (Å²) in [5.74, 6) is -1.77. The lowest BCUT2D eigenvalue weighted by Gasteiger charge is -1.96. The minimum atomic E-state index is -1.25. The van der Waals surface area contributed by atoms with Gasteiger partial charge in [-0.2, -0.15) is 0 Å². The minimum absolute atomic E-state index is 0.280. The monoisotopic (exact) mass is 152 g/mol. The number of hydrogen-bond acceptors (Lipinski definition) is 2. The predicted octanol–water partition coefficient (Wildman–Crippen LogP) is 1.11. The van der Waals surface area contributed by atoms with Crippen molar-refractivity contribution in [1.82, 2.24) is 0 Å². The molecule has 0 spiro atoms. The summed E-state index contributed by atoms with van der Waals surface area (Å²) in [5.41, 5.74) is 5.26. The number of carbonyl (C=O) groups is 1. The van der Waals surface area contributed by atoms with Crippen LogP contribution in [0.25, 0.3) is 0 Å². The van der Waals surface area contributed by atoms with Gasteiger partial charge in [0.1, 0.15) is 5.56 Å². The fraction of sp³-hybridized carbons (Fsp3) is 0. The lowest BCUT2D eigenvalue weighted by atomic mass is 10.2. The molecule has 0 aliphatic heterocycles. The van der Waals surface area contributed by atoms with Crippen LogP contribution in [0.1, 0.15) is 10.4 Å². The van der Waals surface area contributed by atoms with E-state index >= 15 is 0 Å². The Kier molecular flexibility index (Phi) is 1.68. The summed E-state index contributed by atoms with van der Waals surface area (Å²) in [6.07, 6.45) is 0. The maximum absolute atomic E-state index is 10.8. The Hall–Kier alpha value is -1.71. The molecule has 57 valence electrons. The summed E-state index contributed by atoms with van der Waals surface area (Å²) in [6.45, 7) is 0. The molecule has 0 aliphatic rings. The molecule has 0 unspecified atom stereocenters. The van der Waals surface area contributed by atoms with Crippen LogP contribution >= 0.6 is 0 Å². The zero-order valence-electron chi connectivity index (χ0n) is 5.57. The van der Waals surface area contributed by atoms with E-state index < -0.39 is 11.7 Å². The molecule has 1 rings (SSSR count). The highest BCUT2D eigenvalue weighted by Crippen LogP contribution is 2.19. The molecular weight excluding hydrogens is 146 g/mol. The van der Waals surface area contributed by atoms with Gasteiger partial charge in [-0.1, -0.05) is 0 Å². The van der Waals surface area contributed by atoms with Gasteiger partial charge < -0.3 is 10.8 Å². The summed E-state index contributed by atoms with van der Waals surface area (Å²) in [4.78, 5) is 10.3. The SMILES string of the molecule is Nc1ccc([O])c(C(=O)O)c1. The van der Waals surface area contributed by atoms with Gasteiger partial charge in [0.2, 0.25) is 0 Å². The second-order valence-corrected chi connectivity index (χ2v) is 2.06. The number of anilines is 1. The molecule has 0 atom stereocenters. The molecule has 3 N–H and O–H groups in total. The third kappa shape index (κ3) is 1.40. The topological polar surface area (TPSA) is 83.2 Å². The van der Waals surface area contributed by atoms with Crippen LogP contribution in [0.3, 0.4) is 0 Å². The van der Waals surface area contributed by atoms with Gasteiger partial charge in [0.05, 0.1) is 0 Å². The van der Waals surface area contributed by atoms with Gasteiger partial charge in [0.25, 0.3) is 0 Å². The summed E-state index contributed by atoms with van der Waals surface area (Å²) in [7, 11) is 0. The normalized spacial score (nSPS) is 9.45. The summed E-state index contributed by atoms with van der Waals surface area (Å²) < 4.78 is 0. The van der Waals surface area contributed by atoms with E-state index in [0.29, 0.717) is 0 Å². The zero-order chi connectivity index (χ0) is 8.43. The van der Waals surface area contributed by atoms with Gasteiger partial charge in [-0.05, 0) is 18.2 Å². The Balaban J connectivity index is 3.23. The Morgan fingerprint density at radius 3 is 2.55 bits per heavy atom. The molecule has 0 amide bonds. The molecule has 0 saturated heterocycles. The van der Waals surface area contributed by atoms with Crippen LogP contribution < -0.4 is 5.73 Å². The van der Waals surface area contributed by atoms with Crippen molar-refractivity contribution in [3.63, 3.8) is 0 Å². The van der Waals surface area contributed by atoms with Crippen LogP contribution in [-0.4, -0.2) is 11.1 Å². The van der Waals surface area contributed by atoms with E-state index in [2.05, 4.69) is 0 Å². The van der Waals surface area contributed by atoms with E-state index in [1.165, 1.54) is 6.07 Å². The number of benzene rings is 1. The van der Waals surface area contributed by atoms with E-state index in [1.54, 1.807) is 0 Å². The summed E-state index contributed by atoms with van der Waals surface area (Å²) in [6, 6.07) is 3.65. The van der Waals surface area contributed by atoms with Crippen molar-refractivity contribution in [1.29, 1.82) is 0 Å². The first kappa shape index (κ1) is 7.40. The largest absolute Gasteiger partial charge is 0.478 e. The highest BCUT2D eigenvalue weighted by Gasteiger charge is 2.09. The maximum atomic E-state index is 10.8. The van der Waals surface area contributed by atoms with Crippen LogP contribution in [0.4, 0.5) is 5.69 Å². The first-order valence-corrected chi connectivity index (χ1v) is 2.91. The molecule has 4 nitrogen and oxygen atoms in total. The fourth-order valence-electron chi connectivity index (χ4n) is 0.715. The highest BCUT2D eigenvalue weighted by molar-refractivity contribution is 5.91. The predicted molar refractivity (Wildman–Crippen MR) is 37.9 cm³/mol. The molecule has 0 bridgehead atoms. The van der Waals surface area contributed by atoms with Crippen molar-refractivity contribution < 1.29 is 15.0 Å². The van der Waals surface area contributed by atoms with Gasteiger partial charge in [-0.3, -0.25) is 5.11 Å². The molecule has 0 heterocycles. The van der Waals surface area contributed by atoms with Crippen molar-refractivity contribution in [3.05, 3.63) is 23.8 Å². The Morgan fingerprint density at radius 1 is 1.45 bits per heavy atom. The van der Waals surface area contributed by atoms with Crippen molar-refractivity contribution >= 4 is 11.7 Å². The zero-order valence-corrected chi connectivity index (χ0v) is 5.57. The molecular formula is C7H6NO3. The molecule has 1 aromatic carbocycles. The number of nitrogen functional groups attached to an aromatic ring is 1. The van der Waals surface area contributed by atoms with Gasteiger partial charge in [-0.15, -0.1) is 0 Å². The molecule has 11 heavy (non-hydrogen) atoms. The standard InChI is InChI=1S/C7H6NO3/c8-4-1-2-6(9)5(3-4)7(10)11/h1-3H,8H2,(H,10,11). The van der Waals surface area contributed by atoms with Crippen LogP contribution in [0.5, 0.6) is 5.75 Å². The van der Waals surface area contributed by atoms with E-state index in [1.807, 2.05) is 0 Å². The number of carboxylic acids is 1. The van der Waals surface area contributed by atoms with E-state index in [4.69, 9.17) is 10.8 Å². The number of carboxylic acid groups (broad SMARTS) is 1. The van der Waals surface area contributed by atoms with Gasteiger partial charge in [-0.25, -0.2) is 4.79 Å². The maximum Gasteiger partial charge on any atom is 0.339 e. The number of aromatic carboxylic acids is 1. The van der Waals surface area contributed by atoms with E-state index in [0.717, 1.165) is 12.1 Å². The average molecular weight is 152 g/mol. The van der Waals surface area contributed by atoms with Crippen LogP contribution in [0.2, 0.25) is 0 Å².